The van der Waals surface area contributed by atoms with Crippen LogP contribution in [0.15, 0.2) is 57.8 Å². The molecule has 0 unspecified atom stereocenters. The molecule has 0 aliphatic rings. The first-order chi connectivity index (χ1) is 9.16. The number of hydrogen-bond donors (Lipinski definition) is 1. The van der Waals surface area contributed by atoms with E-state index in [1.165, 1.54) is 0 Å². The van der Waals surface area contributed by atoms with Crippen molar-refractivity contribution in [1.29, 1.82) is 0 Å². The van der Waals surface area contributed by atoms with E-state index in [0.29, 0.717) is 21.2 Å². The maximum atomic E-state index is 12.1. The van der Waals surface area contributed by atoms with Crippen LogP contribution in [0.4, 0.5) is 0 Å². The summed E-state index contributed by atoms with van der Waals surface area (Å²) in [5, 5.41) is 10.3. The van der Waals surface area contributed by atoms with Crippen molar-refractivity contribution < 1.29 is 5.21 Å². The molecule has 19 heavy (non-hydrogen) atoms. The van der Waals surface area contributed by atoms with Gasteiger partial charge in [0.1, 0.15) is 0 Å². The topological polar surface area (TPSA) is 55.1 Å². The summed E-state index contributed by atoms with van der Waals surface area (Å²) in [4.78, 5) is 16.4. The standard InChI is InChI=1S/C14H9BrN2O2/c15-10-7-5-9(6-8-10)13-16-12-4-2-1-3-11(12)14(18)17(13)19/h1-8,19H. The molecule has 0 atom stereocenters. The highest BCUT2D eigenvalue weighted by Gasteiger charge is 2.11. The van der Waals surface area contributed by atoms with E-state index in [-0.39, 0.29) is 5.82 Å². The van der Waals surface area contributed by atoms with Crippen LogP contribution < -0.4 is 5.56 Å². The molecule has 0 saturated heterocycles. The molecule has 0 bridgehead atoms. The molecule has 0 aliphatic heterocycles. The van der Waals surface area contributed by atoms with Gasteiger partial charge in [-0.25, -0.2) is 4.98 Å². The summed E-state index contributed by atoms with van der Waals surface area (Å²) in [7, 11) is 0. The van der Waals surface area contributed by atoms with Crippen LogP contribution in [0.1, 0.15) is 0 Å². The minimum atomic E-state index is -0.469. The predicted molar refractivity (Wildman–Crippen MR) is 76.3 cm³/mol. The first-order valence-corrected chi connectivity index (χ1v) is 6.43. The average molecular weight is 317 g/mol. The number of fused-ring (bicyclic) bond motifs is 1. The summed E-state index contributed by atoms with van der Waals surface area (Å²) in [6.45, 7) is 0. The monoisotopic (exact) mass is 316 g/mol. The molecular weight excluding hydrogens is 308 g/mol. The number of hydrogen-bond acceptors (Lipinski definition) is 3. The Morgan fingerprint density at radius 3 is 2.47 bits per heavy atom. The number of benzene rings is 2. The third-order valence-electron chi connectivity index (χ3n) is 2.86. The van der Waals surface area contributed by atoms with Gasteiger partial charge in [0.25, 0.3) is 5.56 Å². The van der Waals surface area contributed by atoms with E-state index < -0.39 is 5.56 Å². The average Bonchev–Trinajstić information content (AvgIpc) is 2.44. The van der Waals surface area contributed by atoms with Crippen molar-refractivity contribution in [2.45, 2.75) is 0 Å². The summed E-state index contributed by atoms with van der Waals surface area (Å²) in [6, 6.07) is 14.2. The number of nitrogens with zero attached hydrogens (tertiary/aromatic N) is 2. The number of para-hydroxylation sites is 1. The van der Waals surface area contributed by atoms with Crippen molar-refractivity contribution in [2.24, 2.45) is 0 Å². The zero-order valence-electron chi connectivity index (χ0n) is 9.75. The normalized spacial score (nSPS) is 10.8. The second-order valence-corrected chi connectivity index (χ2v) is 4.99. The number of rotatable bonds is 1. The lowest BCUT2D eigenvalue weighted by atomic mass is 10.2. The third kappa shape index (κ3) is 2.02. The van der Waals surface area contributed by atoms with Crippen molar-refractivity contribution in [3.8, 4) is 11.4 Å². The molecule has 1 N–H and O–H groups in total. The Bertz CT molecular complexity index is 810. The molecule has 3 rings (SSSR count). The second kappa shape index (κ2) is 4.51. The van der Waals surface area contributed by atoms with Crippen LogP contribution in [0.5, 0.6) is 0 Å². The van der Waals surface area contributed by atoms with E-state index in [1.807, 2.05) is 18.2 Å². The van der Waals surface area contributed by atoms with Crippen LogP contribution in [0.3, 0.4) is 0 Å². The first-order valence-electron chi connectivity index (χ1n) is 5.64. The summed E-state index contributed by atoms with van der Waals surface area (Å²) in [5.41, 5.74) is 0.771. The quantitative estimate of drug-likeness (QED) is 0.702. The minimum absolute atomic E-state index is 0.233. The molecule has 1 aromatic heterocycles. The van der Waals surface area contributed by atoms with Crippen molar-refractivity contribution in [3.05, 3.63) is 63.4 Å². The molecule has 0 spiro atoms. The Labute approximate surface area is 117 Å². The molecule has 0 aliphatic carbocycles. The lowest BCUT2D eigenvalue weighted by Crippen LogP contribution is -2.21. The van der Waals surface area contributed by atoms with E-state index in [0.717, 1.165) is 4.47 Å². The van der Waals surface area contributed by atoms with Gasteiger partial charge in [-0.05, 0) is 24.3 Å². The van der Waals surface area contributed by atoms with E-state index in [9.17, 15) is 10.0 Å². The van der Waals surface area contributed by atoms with Crippen LogP contribution in [0.25, 0.3) is 22.3 Å². The largest absolute Gasteiger partial charge is 0.423 e. The number of halogens is 1. The Morgan fingerprint density at radius 2 is 1.74 bits per heavy atom. The lowest BCUT2D eigenvalue weighted by molar-refractivity contribution is 0.178. The molecular formula is C14H9BrN2O2. The van der Waals surface area contributed by atoms with E-state index >= 15 is 0 Å². The Balaban J connectivity index is 2.33. The first kappa shape index (κ1) is 11.9. The molecule has 2 aromatic carbocycles. The van der Waals surface area contributed by atoms with Crippen LogP contribution in [0.2, 0.25) is 0 Å². The van der Waals surface area contributed by atoms with E-state index in [4.69, 9.17) is 0 Å². The van der Waals surface area contributed by atoms with Gasteiger partial charge in [-0.15, -0.1) is 4.73 Å². The van der Waals surface area contributed by atoms with Crippen molar-refractivity contribution in [3.63, 3.8) is 0 Å². The van der Waals surface area contributed by atoms with Crippen LogP contribution >= 0.6 is 15.9 Å². The van der Waals surface area contributed by atoms with Gasteiger partial charge in [0, 0.05) is 10.0 Å². The van der Waals surface area contributed by atoms with Gasteiger partial charge in [-0.1, -0.05) is 40.2 Å². The number of aromatic nitrogens is 2. The Kier molecular flexibility index (Phi) is 2.83. The smallest absolute Gasteiger partial charge is 0.294 e. The summed E-state index contributed by atoms with van der Waals surface area (Å²) in [6.07, 6.45) is 0. The lowest BCUT2D eigenvalue weighted by Gasteiger charge is -2.07. The van der Waals surface area contributed by atoms with Gasteiger partial charge >= 0.3 is 0 Å². The van der Waals surface area contributed by atoms with E-state index in [2.05, 4.69) is 20.9 Å². The third-order valence-corrected chi connectivity index (χ3v) is 3.38. The van der Waals surface area contributed by atoms with Crippen LogP contribution in [0, 0.1) is 0 Å². The highest BCUT2D eigenvalue weighted by atomic mass is 79.9. The predicted octanol–water partition coefficient (Wildman–Crippen LogP) is 3.06. The van der Waals surface area contributed by atoms with Crippen molar-refractivity contribution in [2.75, 3.05) is 0 Å². The fraction of sp³-hybridized carbons (Fsp3) is 0. The highest BCUT2D eigenvalue weighted by Crippen LogP contribution is 2.20. The minimum Gasteiger partial charge on any atom is -0.423 e. The molecule has 1 heterocycles. The van der Waals surface area contributed by atoms with Crippen LogP contribution in [-0.4, -0.2) is 14.9 Å². The fourth-order valence-corrected chi connectivity index (χ4v) is 2.17. The maximum absolute atomic E-state index is 12.1. The molecule has 0 radical (unpaired) electrons. The van der Waals surface area contributed by atoms with Crippen molar-refractivity contribution >= 4 is 26.8 Å². The molecule has 0 saturated carbocycles. The second-order valence-electron chi connectivity index (χ2n) is 4.08. The molecule has 0 amide bonds. The van der Waals surface area contributed by atoms with Gasteiger partial charge in [-0.2, -0.15) is 0 Å². The Hall–Kier alpha value is -2.14. The zero-order valence-corrected chi connectivity index (χ0v) is 11.3. The summed E-state index contributed by atoms with van der Waals surface area (Å²) in [5.74, 6) is 0.233. The summed E-state index contributed by atoms with van der Waals surface area (Å²) < 4.78 is 1.51. The van der Waals surface area contributed by atoms with Gasteiger partial charge in [0.15, 0.2) is 5.82 Å². The van der Waals surface area contributed by atoms with Gasteiger partial charge in [-0.3, -0.25) is 4.79 Å². The Morgan fingerprint density at radius 1 is 1.05 bits per heavy atom. The van der Waals surface area contributed by atoms with Gasteiger partial charge < -0.3 is 5.21 Å². The van der Waals surface area contributed by atoms with Crippen molar-refractivity contribution in [1.82, 2.24) is 9.71 Å². The molecule has 3 aromatic rings. The molecule has 4 nitrogen and oxygen atoms in total. The van der Waals surface area contributed by atoms with E-state index in [1.54, 1.807) is 30.3 Å². The molecule has 94 valence electrons. The van der Waals surface area contributed by atoms with Crippen LogP contribution in [-0.2, 0) is 0 Å². The fourth-order valence-electron chi connectivity index (χ4n) is 1.91. The molecule has 5 heteroatoms. The zero-order chi connectivity index (χ0) is 13.4. The summed E-state index contributed by atoms with van der Waals surface area (Å²) >= 11 is 3.34. The maximum Gasteiger partial charge on any atom is 0.294 e. The highest BCUT2D eigenvalue weighted by molar-refractivity contribution is 9.10. The van der Waals surface area contributed by atoms with Gasteiger partial charge in [0.2, 0.25) is 0 Å². The SMILES string of the molecule is O=c1c2ccccc2nc(-c2ccc(Br)cc2)n1O. The van der Waals surface area contributed by atoms with Gasteiger partial charge in [0.05, 0.1) is 10.9 Å². The molecule has 0 fully saturated rings.